The number of aromatic nitrogens is 4. The van der Waals surface area contributed by atoms with Gasteiger partial charge in [-0.05, 0) is 61.7 Å². The lowest BCUT2D eigenvalue weighted by molar-refractivity contribution is 0.103. The van der Waals surface area contributed by atoms with Gasteiger partial charge in [-0.25, -0.2) is 14.1 Å². The number of nitrogens with one attached hydrogen (secondary N) is 2. The number of ether oxygens (including phenoxy) is 1. The van der Waals surface area contributed by atoms with Crippen LogP contribution in [0.5, 0.6) is 11.6 Å². The third kappa shape index (κ3) is 5.46. The number of anilines is 2. The van der Waals surface area contributed by atoms with Gasteiger partial charge < -0.3 is 20.2 Å². The van der Waals surface area contributed by atoms with E-state index in [0.29, 0.717) is 11.4 Å². The van der Waals surface area contributed by atoms with Crippen LogP contribution in [0.3, 0.4) is 0 Å². The van der Waals surface area contributed by atoms with Gasteiger partial charge in [0.05, 0.1) is 29.3 Å². The van der Waals surface area contributed by atoms with Crippen LogP contribution in [0.2, 0.25) is 0 Å². The van der Waals surface area contributed by atoms with Crippen LogP contribution in [-0.4, -0.2) is 31.3 Å². The highest BCUT2D eigenvalue weighted by molar-refractivity contribution is 8.00. The van der Waals surface area contributed by atoms with Crippen molar-refractivity contribution < 1.29 is 13.9 Å². The highest BCUT2D eigenvalue weighted by Crippen LogP contribution is 2.29. The summed E-state index contributed by atoms with van der Waals surface area (Å²) in [4.78, 5) is 20.9. The molecule has 5 aromatic rings. The highest BCUT2D eigenvalue weighted by atomic mass is 32.2. The standard InChI is InChI=1S/C29H29FN6O2S/c1-4-5-10-39-35-22-14-23-19(11-17(22)2)13-24(34-23)28(37)20-15-33-36(29(20)31)25-16-32-27(12-18(25)3)38-26-9-7-6-8-21(26)30/h6-9,11-16,34-35H,4-5,10,31H2,1-3H3. The molecule has 2 aromatic carbocycles. The van der Waals surface area contributed by atoms with E-state index in [0.717, 1.165) is 46.3 Å². The number of halogens is 1. The zero-order valence-electron chi connectivity index (χ0n) is 21.9. The fourth-order valence-electron chi connectivity index (χ4n) is 4.18. The Kier molecular flexibility index (Phi) is 7.56. The second-order valence-corrected chi connectivity index (χ2v) is 10.2. The van der Waals surface area contributed by atoms with Crippen molar-refractivity contribution in [3.63, 3.8) is 0 Å². The van der Waals surface area contributed by atoms with Crippen LogP contribution in [0.25, 0.3) is 16.6 Å². The first-order chi connectivity index (χ1) is 18.9. The summed E-state index contributed by atoms with van der Waals surface area (Å²) in [5.41, 5.74) is 11.4. The topological polar surface area (TPSA) is 111 Å². The van der Waals surface area contributed by atoms with E-state index in [1.54, 1.807) is 30.1 Å². The molecular weight excluding hydrogens is 515 g/mol. The van der Waals surface area contributed by atoms with Crippen molar-refractivity contribution in [3.8, 4) is 17.3 Å². The molecule has 200 valence electrons. The van der Waals surface area contributed by atoms with Gasteiger partial charge in [0.2, 0.25) is 11.7 Å². The first-order valence-electron chi connectivity index (χ1n) is 12.6. The summed E-state index contributed by atoms with van der Waals surface area (Å²) in [6.07, 6.45) is 5.28. The Morgan fingerprint density at radius 3 is 2.74 bits per heavy atom. The number of unbranched alkanes of at least 4 members (excludes halogenated alkanes) is 1. The first-order valence-corrected chi connectivity index (χ1v) is 13.6. The molecule has 5 rings (SSSR count). The van der Waals surface area contributed by atoms with Gasteiger partial charge in [-0.15, -0.1) is 0 Å². The minimum absolute atomic E-state index is 0.0790. The van der Waals surface area contributed by atoms with Crippen molar-refractivity contribution in [2.24, 2.45) is 0 Å². The number of benzene rings is 2. The number of hydrogen-bond donors (Lipinski definition) is 3. The minimum atomic E-state index is -0.481. The molecule has 0 aliphatic heterocycles. The quantitative estimate of drug-likeness (QED) is 0.0989. The number of carbonyl (C=O) groups excluding carboxylic acids is 1. The van der Waals surface area contributed by atoms with Crippen molar-refractivity contribution in [2.75, 3.05) is 16.2 Å². The molecule has 0 spiro atoms. The SMILES string of the molecule is CCCCSNc1cc2[nH]c(C(=O)c3cnn(-c4cnc(Oc5ccccc5F)cc4C)c3N)cc2cc1C. The van der Waals surface area contributed by atoms with E-state index in [1.807, 2.05) is 26.0 Å². The predicted molar refractivity (Wildman–Crippen MR) is 154 cm³/mol. The summed E-state index contributed by atoms with van der Waals surface area (Å²) in [6.45, 7) is 6.05. The van der Waals surface area contributed by atoms with E-state index < -0.39 is 5.82 Å². The number of nitrogen functional groups attached to an aromatic ring is 1. The van der Waals surface area contributed by atoms with Crippen LogP contribution in [-0.2, 0) is 0 Å². The molecule has 0 amide bonds. The van der Waals surface area contributed by atoms with Crippen LogP contribution >= 0.6 is 11.9 Å². The molecule has 4 N–H and O–H groups in total. The van der Waals surface area contributed by atoms with Crippen molar-refractivity contribution in [2.45, 2.75) is 33.6 Å². The number of aryl methyl sites for hydroxylation is 2. The maximum absolute atomic E-state index is 14.0. The molecule has 0 aliphatic rings. The zero-order valence-corrected chi connectivity index (χ0v) is 22.7. The van der Waals surface area contributed by atoms with E-state index in [1.165, 1.54) is 29.2 Å². The van der Waals surface area contributed by atoms with Gasteiger partial charge in [0, 0.05) is 28.4 Å². The predicted octanol–water partition coefficient (Wildman–Crippen LogP) is 6.97. The van der Waals surface area contributed by atoms with Crippen LogP contribution in [0.4, 0.5) is 15.9 Å². The molecule has 0 unspecified atom stereocenters. The summed E-state index contributed by atoms with van der Waals surface area (Å²) >= 11 is 1.68. The Balaban J connectivity index is 1.37. The van der Waals surface area contributed by atoms with Gasteiger partial charge in [-0.3, -0.25) is 4.79 Å². The number of carbonyl (C=O) groups is 1. The number of hydrogen-bond acceptors (Lipinski definition) is 7. The molecule has 0 atom stereocenters. The molecule has 39 heavy (non-hydrogen) atoms. The number of aromatic amines is 1. The smallest absolute Gasteiger partial charge is 0.219 e. The van der Waals surface area contributed by atoms with E-state index in [9.17, 15) is 9.18 Å². The van der Waals surface area contributed by atoms with Gasteiger partial charge >= 0.3 is 0 Å². The summed E-state index contributed by atoms with van der Waals surface area (Å²) < 4.78 is 24.4. The Morgan fingerprint density at radius 1 is 1.15 bits per heavy atom. The molecule has 10 heteroatoms. The fourth-order valence-corrected chi connectivity index (χ4v) is 5.09. The van der Waals surface area contributed by atoms with Gasteiger partial charge in [0.25, 0.3) is 0 Å². The summed E-state index contributed by atoms with van der Waals surface area (Å²) in [6, 6.07) is 13.7. The second kappa shape index (κ2) is 11.2. The van der Waals surface area contributed by atoms with Gasteiger partial charge in [-0.1, -0.05) is 37.4 Å². The largest absolute Gasteiger partial charge is 0.436 e. The molecule has 0 radical (unpaired) electrons. The Bertz CT molecular complexity index is 1660. The third-order valence-corrected chi connectivity index (χ3v) is 7.24. The lowest BCUT2D eigenvalue weighted by Crippen LogP contribution is -2.09. The lowest BCUT2D eigenvalue weighted by Gasteiger charge is -2.11. The van der Waals surface area contributed by atoms with Crippen LogP contribution < -0.4 is 15.2 Å². The number of nitrogens with two attached hydrogens (primary N) is 1. The fraction of sp³-hybridized carbons (Fsp3) is 0.207. The highest BCUT2D eigenvalue weighted by Gasteiger charge is 2.21. The third-order valence-electron chi connectivity index (χ3n) is 6.38. The molecule has 0 saturated heterocycles. The van der Waals surface area contributed by atoms with Crippen molar-refractivity contribution in [3.05, 3.63) is 89.1 Å². The van der Waals surface area contributed by atoms with Gasteiger partial charge in [0.15, 0.2) is 11.6 Å². The molecular formula is C29H29FN6O2S. The minimum Gasteiger partial charge on any atom is -0.436 e. The summed E-state index contributed by atoms with van der Waals surface area (Å²) in [5, 5.41) is 5.30. The molecule has 0 aliphatic carbocycles. The van der Waals surface area contributed by atoms with Crippen molar-refractivity contribution >= 4 is 40.1 Å². The Hall–Kier alpha value is -4.31. The maximum atomic E-state index is 14.0. The van der Waals surface area contributed by atoms with Crippen molar-refractivity contribution in [1.29, 1.82) is 0 Å². The monoisotopic (exact) mass is 544 g/mol. The van der Waals surface area contributed by atoms with Crippen molar-refractivity contribution in [1.82, 2.24) is 19.7 Å². The number of nitrogens with zero attached hydrogens (tertiary/aromatic N) is 3. The summed E-state index contributed by atoms with van der Waals surface area (Å²) in [7, 11) is 0. The average Bonchev–Trinajstić information content (AvgIpc) is 3.50. The van der Waals surface area contributed by atoms with Gasteiger partial charge in [0.1, 0.15) is 5.82 Å². The number of H-pyrrole nitrogens is 1. The molecule has 3 heterocycles. The molecule has 8 nitrogen and oxygen atoms in total. The van der Waals surface area contributed by atoms with Crippen LogP contribution in [0.1, 0.15) is 46.9 Å². The molecule has 0 saturated carbocycles. The van der Waals surface area contributed by atoms with E-state index in [2.05, 4.69) is 32.8 Å². The maximum Gasteiger partial charge on any atom is 0.219 e. The van der Waals surface area contributed by atoms with E-state index in [-0.39, 0.29) is 28.8 Å². The molecule has 0 bridgehead atoms. The van der Waals surface area contributed by atoms with Crippen LogP contribution in [0, 0.1) is 19.7 Å². The lowest BCUT2D eigenvalue weighted by atomic mass is 10.1. The summed E-state index contributed by atoms with van der Waals surface area (Å²) in [5.74, 6) is 0.791. The normalized spacial score (nSPS) is 11.2. The van der Waals surface area contributed by atoms with Crippen LogP contribution in [0.15, 0.2) is 60.9 Å². The zero-order chi connectivity index (χ0) is 27.5. The van der Waals surface area contributed by atoms with E-state index >= 15 is 0 Å². The Labute approximate surface area is 229 Å². The number of ketones is 1. The number of pyridine rings is 1. The number of fused-ring (bicyclic) bond motifs is 1. The number of para-hydroxylation sites is 1. The van der Waals surface area contributed by atoms with E-state index in [4.69, 9.17) is 10.5 Å². The molecule has 0 fully saturated rings. The first kappa shape index (κ1) is 26.3. The molecule has 3 aromatic heterocycles. The number of rotatable bonds is 10. The Morgan fingerprint density at radius 2 is 1.97 bits per heavy atom. The average molecular weight is 545 g/mol. The van der Waals surface area contributed by atoms with Gasteiger partial charge in [-0.2, -0.15) is 5.10 Å². The second-order valence-electron chi connectivity index (χ2n) is 9.27.